The third-order valence-electron chi connectivity index (χ3n) is 4.88. The molecule has 138 valence electrons. The summed E-state index contributed by atoms with van der Waals surface area (Å²) < 4.78 is 33.0. The molecule has 0 N–H and O–H groups in total. The summed E-state index contributed by atoms with van der Waals surface area (Å²) in [6.45, 7) is 5.54. The number of hydrogen-bond donors (Lipinski definition) is 0. The van der Waals surface area contributed by atoms with E-state index in [0.29, 0.717) is 31.1 Å². The third-order valence-corrected chi connectivity index (χ3v) is 6.73. The third kappa shape index (κ3) is 3.88. The van der Waals surface area contributed by atoms with Gasteiger partial charge in [-0.1, -0.05) is 38.5 Å². The van der Waals surface area contributed by atoms with Crippen LogP contribution in [0.5, 0.6) is 0 Å². The lowest BCUT2D eigenvalue weighted by Gasteiger charge is -2.45. The Morgan fingerprint density at radius 3 is 2.32 bits per heavy atom. The Labute approximate surface area is 149 Å². The van der Waals surface area contributed by atoms with Gasteiger partial charge >= 0.3 is 0 Å². The van der Waals surface area contributed by atoms with Crippen LogP contribution in [0, 0.1) is 5.92 Å². The van der Waals surface area contributed by atoms with Crippen LogP contribution in [0.4, 0.5) is 0 Å². The molecule has 1 aromatic carbocycles. The predicted molar refractivity (Wildman–Crippen MR) is 94.5 cm³/mol. The van der Waals surface area contributed by atoms with Gasteiger partial charge in [0.05, 0.1) is 17.1 Å². The number of carbonyl (C=O) groups excluding carboxylic acids is 1. The highest BCUT2D eigenvalue weighted by Gasteiger charge is 2.41. The zero-order valence-corrected chi connectivity index (χ0v) is 15.6. The average Bonchev–Trinajstić information content (AvgIpc) is 2.61. The van der Waals surface area contributed by atoms with Gasteiger partial charge in [-0.15, -0.1) is 0 Å². The molecule has 2 heterocycles. The standard InChI is InChI=1S/C18H26N2O4S/c1-3-7-14(2)18(21)19-10-15-12-20(13-16(11-19)24-15)25(22,23)17-8-5-4-6-9-17/h4-6,8-9,14-16H,3,7,10-13H2,1-2H3. The normalized spacial score (nSPS) is 25.6. The van der Waals surface area contributed by atoms with E-state index < -0.39 is 10.0 Å². The average molecular weight is 366 g/mol. The van der Waals surface area contributed by atoms with E-state index in [0.717, 1.165) is 12.8 Å². The molecule has 2 saturated heterocycles. The van der Waals surface area contributed by atoms with Crippen molar-refractivity contribution >= 4 is 15.9 Å². The molecular weight excluding hydrogens is 340 g/mol. The molecule has 0 aliphatic carbocycles. The van der Waals surface area contributed by atoms with Crippen LogP contribution in [-0.4, -0.2) is 61.9 Å². The largest absolute Gasteiger partial charge is 0.369 e. The summed E-state index contributed by atoms with van der Waals surface area (Å²) in [5, 5.41) is 0. The summed E-state index contributed by atoms with van der Waals surface area (Å²) in [6.07, 6.45) is 1.33. The van der Waals surface area contributed by atoms with Crippen molar-refractivity contribution in [2.24, 2.45) is 5.92 Å². The fraction of sp³-hybridized carbons (Fsp3) is 0.611. The van der Waals surface area contributed by atoms with Crippen molar-refractivity contribution in [1.82, 2.24) is 9.21 Å². The molecule has 3 unspecified atom stereocenters. The minimum absolute atomic E-state index is 0.00739. The first-order valence-electron chi connectivity index (χ1n) is 8.91. The molecule has 0 aromatic heterocycles. The molecule has 2 aliphatic heterocycles. The quantitative estimate of drug-likeness (QED) is 0.796. The SMILES string of the molecule is CCCC(C)C(=O)N1CC2CN(S(=O)(=O)c3ccccc3)CC(C1)O2. The van der Waals surface area contributed by atoms with Gasteiger partial charge in [0, 0.05) is 32.1 Å². The number of ether oxygens (including phenoxy) is 1. The first-order chi connectivity index (χ1) is 11.9. The van der Waals surface area contributed by atoms with Gasteiger partial charge in [0.2, 0.25) is 15.9 Å². The van der Waals surface area contributed by atoms with Crippen LogP contribution in [0.3, 0.4) is 0 Å². The molecule has 6 nitrogen and oxygen atoms in total. The van der Waals surface area contributed by atoms with Crippen LogP contribution in [0.25, 0.3) is 0 Å². The van der Waals surface area contributed by atoms with Crippen LogP contribution in [-0.2, 0) is 19.6 Å². The summed E-state index contributed by atoms with van der Waals surface area (Å²) in [5.74, 6) is 0.160. The van der Waals surface area contributed by atoms with Crippen molar-refractivity contribution in [3.05, 3.63) is 30.3 Å². The minimum Gasteiger partial charge on any atom is -0.369 e. The van der Waals surface area contributed by atoms with Gasteiger partial charge in [-0.05, 0) is 18.6 Å². The van der Waals surface area contributed by atoms with Gasteiger partial charge in [0.1, 0.15) is 0 Å². The number of morpholine rings is 2. The second kappa shape index (κ2) is 7.43. The van der Waals surface area contributed by atoms with E-state index in [-0.39, 0.29) is 24.0 Å². The van der Waals surface area contributed by atoms with Crippen molar-refractivity contribution in [2.45, 2.75) is 43.8 Å². The first-order valence-corrected chi connectivity index (χ1v) is 10.3. The number of hydrogen-bond acceptors (Lipinski definition) is 4. The highest BCUT2D eigenvalue weighted by Crippen LogP contribution is 2.26. The lowest BCUT2D eigenvalue weighted by atomic mass is 10.0. The van der Waals surface area contributed by atoms with Crippen molar-refractivity contribution in [3.63, 3.8) is 0 Å². The number of nitrogens with zero attached hydrogens (tertiary/aromatic N) is 2. The van der Waals surface area contributed by atoms with Crippen LogP contribution < -0.4 is 0 Å². The molecule has 2 fully saturated rings. The summed E-state index contributed by atoms with van der Waals surface area (Å²) in [7, 11) is -3.52. The summed E-state index contributed by atoms with van der Waals surface area (Å²) in [4.78, 5) is 14.7. The second-order valence-electron chi connectivity index (χ2n) is 6.95. The highest BCUT2D eigenvalue weighted by molar-refractivity contribution is 7.89. The van der Waals surface area contributed by atoms with Crippen molar-refractivity contribution in [1.29, 1.82) is 0 Å². The van der Waals surface area contributed by atoms with E-state index in [4.69, 9.17) is 4.74 Å². The van der Waals surface area contributed by atoms with E-state index in [1.54, 1.807) is 30.3 Å². The molecular formula is C18H26N2O4S. The molecule has 0 spiro atoms. The first kappa shape index (κ1) is 18.4. The van der Waals surface area contributed by atoms with E-state index in [1.165, 1.54) is 4.31 Å². The van der Waals surface area contributed by atoms with Gasteiger partial charge in [-0.2, -0.15) is 4.31 Å². The highest BCUT2D eigenvalue weighted by atomic mass is 32.2. The van der Waals surface area contributed by atoms with Gasteiger partial charge < -0.3 is 9.64 Å². The lowest BCUT2D eigenvalue weighted by Crippen LogP contribution is -2.61. The molecule has 2 bridgehead atoms. The van der Waals surface area contributed by atoms with E-state index >= 15 is 0 Å². The van der Waals surface area contributed by atoms with Crippen molar-refractivity contribution in [3.8, 4) is 0 Å². The van der Waals surface area contributed by atoms with Gasteiger partial charge in [0.25, 0.3) is 0 Å². The Bertz CT molecular complexity index is 693. The molecule has 25 heavy (non-hydrogen) atoms. The van der Waals surface area contributed by atoms with E-state index in [1.807, 2.05) is 11.8 Å². The predicted octanol–water partition coefficient (Wildman–Crippen LogP) is 1.72. The number of rotatable bonds is 5. The van der Waals surface area contributed by atoms with Gasteiger partial charge in [0.15, 0.2) is 0 Å². The van der Waals surface area contributed by atoms with Crippen LogP contribution >= 0.6 is 0 Å². The Hall–Kier alpha value is -1.44. The number of amides is 1. The van der Waals surface area contributed by atoms with E-state index in [9.17, 15) is 13.2 Å². The maximum Gasteiger partial charge on any atom is 0.243 e. The van der Waals surface area contributed by atoms with Crippen molar-refractivity contribution in [2.75, 3.05) is 26.2 Å². The smallest absolute Gasteiger partial charge is 0.243 e. The summed E-state index contributed by atoms with van der Waals surface area (Å²) >= 11 is 0. The van der Waals surface area contributed by atoms with Crippen LogP contribution in [0.2, 0.25) is 0 Å². The Morgan fingerprint density at radius 2 is 1.76 bits per heavy atom. The van der Waals surface area contributed by atoms with Crippen LogP contribution in [0.15, 0.2) is 35.2 Å². The second-order valence-corrected chi connectivity index (χ2v) is 8.89. The van der Waals surface area contributed by atoms with Crippen LogP contribution in [0.1, 0.15) is 26.7 Å². The summed E-state index contributed by atoms with van der Waals surface area (Å²) in [6, 6.07) is 8.48. The van der Waals surface area contributed by atoms with Gasteiger partial charge in [-0.25, -0.2) is 8.42 Å². The lowest BCUT2D eigenvalue weighted by molar-refractivity contribution is -0.157. The van der Waals surface area contributed by atoms with Crippen molar-refractivity contribution < 1.29 is 17.9 Å². The number of sulfonamides is 1. The molecule has 7 heteroatoms. The molecule has 2 aliphatic rings. The molecule has 0 saturated carbocycles. The molecule has 1 amide bonds. The van der Waals surface area contributed by atoms with Gasteiger partial charge in [-0.3, -0.25) is 4.79 Å². The number of fused-ring (bicyclic) bond motifs is 2. The maximum absolute atomic E-state index is 12.8. The molecule has 0 radical (unpaired) electrons. The molecule has 3 atom stereocenters. The van der Waals surface area contributed by atoms with E-state index in [2.05, 4.69) is 6.92 Å². The summed E-state index contributed by atoms with van der Waals surface area (Å²) in [5.41, 5.74) is 0. The number of carbonyl (C=O) groups is 1. The Kier molecular flexibility index (Phi) is 5.46. The number of benzene rings is 1. The minimum atomic E-state index is -3.52. The maximum atomic E-state index is 12.8. The zero-order chi connectivity index (χ0) is 18.0. The Balaban J connectivity index is 1.70. The topological polar surface area (TPSA) is 66.9 Å². The zero-order valence-electron chi connectivity index (χ0n) is 14.8. The monoisotopic (exact) mass is 366 g/mol. The fourth-order valence-corrected chi connectivity index (χ4v) is 5.16. The molecule has 3 rings (SSSR count). The Morgan fingerprint density at radius 1 is 1.16 bits per heavy atom. The molecule has 1 aromatic rings. The fourth-order valence-electron chi connectivity index (χ4n) is 3.64.